The third-order valence-corrected chi connectivity index (χ3v) is 5.61. The lowest BCUT2D eigenvalue weighted by Gasteiger charge is -2.35. The molecule has 2 atom stereocenters. The lowest BCUT2D eigenvalue weighted by molar-refractivity contribution is -0.129. The molecule has 2 aliphatic rings. The summed E-state index contributed by atoms with van der Waals surface area (Å²) in [4.78, 5) is 20.5. The van der Waals surface area contributed by atoms with Crippen molar-refractivity contribution in [2.24, 2.45) is 4.99 Å². The van der Waals surface area contributed by atoms with E-state index in [1.54, 1.807) is 7.05 Å². The van der Waals surface area contributed by atoms with Crippen molar-refractivity contribution in [2.45, 2.75) is 31.8 Å². The van der Waals surface area contributed by atoms with Crippen LogP contribution in [0.2, 0.25) is 0 Å². The number of nitrogens with one attached hydrogen (secondary N) is 2. The SMILES string of the molecule is CCC(=O)N1CCC(NC(=NC)NCC(c2ccc(F)cc2)N2CCOCC2)C1. The molecule has 2 heterocycles. The number of rotatable bonds is 6. The van der Waals surface area contributed by atoms with Gasteiger partial charge in [0.1, 0.15) is 5.82 Å². The molecule has 29 heavy (non-hydrogen) atoms. The van der Waals surface area contributed by atoms with Crippen LogP contribution in [0.5, 0.6) is 0 Å². The minimum atomic E-state index is -0.229. The van der Waals surface area contributed by atoms with Crippen molar-refractivity contribution in [1.29, 1.82) is 0 Å². The Morgan fingerprint density at radius 3 is 2.66 bits per heavy atom. The van der Waals surface area contributed by atoms with Crippen LogP contribution in [0.25, 0.3) is 0 Å². The van der Waals surface area contributed by atoms with Gasteiger partial charge < -0.3 is 20.3 Å². The Kier molecular flexibility index (Phi) is 7.83. The second-order valence-electron chi connectivity index (χ2n) is 7.49. The molecule has 2 fully saturated rings. The number of carbonyl (C=O) groups is 1. The van der Waals surface area contributed by atoms with Gasteiger partial charge in [-0.2, -0.15) is 0 Å². The largest absolute Gasteiger partial charge is 0.379 e. The van der Waals surface area contributed by atoms with Gasteiger partial charge in [0.05, 0.1) is 19.3 Å². The summed E-state index contributed by atoms with van der Waals surface area (Å²) in [7, 11) is 1.75. The predicted molar refractivity (Wildman–Crippen MR) is 111 cm³/mol. The number of likely N-dealkylation sites (tertiary alicyclic amines) is 1. The zero-order valence-corrected chi connectivity index (χ0v) is 17.4. The molecule has 0 aromatic heterocycles. The number of nitrogens with zero attached hydrogens (tertiary/aromatic N) is 3. The average molecular weight is 406 g/mol. The fraction of sp³-hybridized carbons (Fsp3) is 0.619. The number of hydrogen-bond donors (Lipinski definition) is 2. The first kappa shape index (κ1) is 21.5. The highest BCUT2D eigenvalue weighted by atomic mass is 19.1. The van der Waals surface area contributed by atoms with E-state index in [0.717, 1.165) is 37.6 Å². The molecule has 7 nitrogen and oxygen atoms in total. The van der Waals surface area contributed by atoms with E-state index in [-0.39, 0.29) is 23.8 Å². The monoisotopic (exact) mass is 405 g/mol. The number of ether oxygens (including phenoxy) is 1. The van der Waals surface area contributed by atoms with Gasteiger partial charge in [-0.15, -0.1) is 0 Å². The third-order valence-electron chi connectivity index (χ3n) is 5.61. The minimum Gasteiger partial charge on any atom is -0.379 e. The van der Waals surface area contributed by atoms with Crippen molar-refractivity contribution >= 4 is 11.9 Å². The molecule has 0 saturated carbocycles. The normalized spacial score (nSPS) is 21.8. The van der Waals surface area contributed by atoms with Gasteiger partial charge in [0, 0.05) is 52.2 Å². The highest BCUT2D eigenvalue weighted by molar-refractivity contribution is 5.80. The molecule has 160 valence electrons. The Morgan fingerprint density at radius 1 is 1.28 bits per heavy atom. The molecule has 1 aromatic rings. The number of benzene rings is 1. The molecule has 0 spiro atoms. The third kappa shape index (κ3) is 5.90. The van der Waals surface area contributed by atoms with Crippen LogP contribution in [0, 0.1) is 5.82 Å². The Balaban J connectivity index is 1.60. The van der Waals surface area contributed by atoms with E-state index >= 15 is 0 Å². The van der Waals surface area contributed by atoms with Crippen molar-refractivity contribution in [3.8, 4) is 0 Å². The molecular formula is C21H32FN5O2. The number of morpholine rings is 1. The predicted octanol–water partition coefficient (Wildman–Crippen LogP) is 1.37. The van der Waals surface area contributed by atoms with Crippen LogP contribution < -0.4 is 10.6 Å². The molecule has 2 unspecified atom stereocenters. The second kappa shape index (κ2) is 10.5. The summed E-state index contributed by atoms with van der Waals surface area (Å²) in [5.74, 6) is 0.689. The number of carbonyl (C=O) groups excluding carboxylic acids is 1. The molecule has 2 N–H and O–H groups in total. The van der Waals surface area contributed by atoms with Gasteiger partial charge in [-0.3, -0.25) is 14.7 Å². The van der Waals surface area contributed by atoms with E-state index in [9.17, 15) is 9.18 Å². The van der Waals surface area contributed by atoms with E-state index in [4.69, 9.17) is 4.74 Å². The molecular weight excluding hydrogens is 373 g/mol. The van der Waals surface area contributed by atoms with Gasteiger partial charge in [0.25, 0.3) is 0 Å². The summed E-state index contributed by atoms with van der Waals surface area (Å²) in [6, 6.07) is 7.00. The maximum atomic E-state index is 13.4. The number of halogens is 1. The van der Waals surface area contributed by atoms with Gasteiger partial charge in [0.15, 0.2) is 5.96 Å². The van der Waals surface area contributed by atoms with Gasteiger partial charge in [-0.25, -0.2) is 4.39 Å². The molecule has 3 rings (SSSR count). The first-order valence-electron chi connectivity index (χ1n) is 10.4. The van der Waals surface area contributed by atoms with Gasteiger partial charge in [-0.05, 0) is 24.1 Å². The summed E-state index contributed by atoms with van der Waals surface area (Å²) in [6.07, 6.45) is 1.45. The zero-order chi connectivity index (χ0) is 20.6. The number of hydrogen-bond acceptors (Lipinski definition) is 4. The van der Waals surface area contributed by atoms with Gasteiger partial charge in [0.2, 0.25) is 5.91 Å². The maximum absolute atomic E-state index is 13.4. The zero-order valence-electron chi connectivity index (χ0n) is 17.4. The maximum Gasteiger partial charge on any atom is 0.222 e. The van der Waals surface area contributed by atoms with E-state index in [1.807, 2.05) is 24.0 Å². The minimum absolute atomic E-state index is 0.0970. The topological polar surface area (TPSA) is 69.2 Å². The van der Waals surface area contributed by atoms with Crippen LogP contribution in [0.4, 0.5) is 4.39 Å². The van der Waals surface area contributed by atoms with Crippen LogP contribution in [-0.4, -0.2) is 80.7 Å². The summed E-state index contributed by atoms with van der Waals surface area (Å²) in [5, 5.41) is 6.86. The van der Waals surface area contributed by atoms with Crippen LogP contribution in [0.15, 0.2) is 29.3 Å². The summed E-state index contributed by atoms with van der Waals surface area (Å²) in [5.41, 5.74) is 1.07. The Labute approximate surface area is 172 Å². The van der Waals surface area contributed by atoms with Gasteiger partial charge in [-0.1, -0.05) is 19.1 Å². The quantitative estimate of drug-likeness (QED) is 0.553. The molecule has 8 heteroatoms. The van der Waals surface area contributed by atoms with Crippen molar-refractivity contribution in [3.63, 3.8) is 0 Å². The lowest BCUT2D eigenvalue weighted by Crippen LogP contribution is -2.49. The van der Waals surface area contributed by atoms with Gasteiger partial charge >= 0.3 is 0 Å². The molecule has 1 aromatic carbocycles. The van der Waals surface area contributed by atoms with Crippen molar-refractivity contribution < 1.29 is 13.9 Å². The average Bonchev–Trinajstić information content (AvgIpc) is 3.23. The fourth-order valence-corrected chi connectivity index (χ4v) is 3.94. The lowest BCUT2D eigenvalue weighted by atomic mass is 10.0. The molecule has 1 amide bonds. The van der Waals surface area contributed by atoms with Crippen molar-refractivity contribution in [1.82, 2.24) is 20.4 Å². The highest BCUT2D eigenvalue weighted by Crippen LogP contribution is 2.21. The second-order valence-corrected chi connectivity index (χ2v) is 7.49. The Hall–Kier alpha value is -2.19. The van der Waals surface area contributed by atoms with Crippen molar-refractivity contribution in [2.75, 3.05) is 53.0 Å². The summed E-state index contributed by atoms with van der Waals surface area (Å²) >= 11 is 0. The van der Waals surface area contributed by atoms with E-state index in [1.165, 1.54) is 12.1 Å². The standard InChI is InChI=1S/C21H32FN5O2/c1-3-20(28)27-9-8-18(15-27)25-21(23-2)24-14-19(26-10-12-29-13-11-26)16-4-6-17(22)7-5-16/h4-7,18-19H,3,8-15H2,1-2H3,(H2,23,24,25). The smallest absolute Gasteiger partial charge is 0.222 e. The molecule has 2 aliphatic heterocycles. The molecule has 0 bridgehead atoms. The molecule has 0 radical (unpaired) electrons. The van der Waals surface area contributed by atoms with Crippen LogP contribution in [0.1, 0.15) is 31.4 Å². The van der Waals surface area contributed by atoms with Crippen LogP contribution in [0.3, 0.4) is 0 Å². The van der Waals surface area contributed by atoms with Crippen LogP contribution >= 0.6 is 0 Å². The number of aliphatic imine (C=N–C) groups is 1. The summed E-state index contributed by atoms with van der Waals surface area (Å²) < 4.78 is 18.9. The molecule has 0 aliphatic carbocycles. The number of guanidine groups is 1. The Morgan fingerprint density at radius 2 is 2.00 bits per heavy atom. The first-order chi connectivity index (χ1) is 14.1. The Bertz CT molecular complexity index is 691. The highest BCUT2D eigenvalue weighted by Gasteiger charge is 2.27. The number of amides is 1. The first-order valence-corrected chi connectivity index (χ1v) is 10.4. The van der Waals surface area contributed by atoms with E-state index in [2.05, 4.69) is 20.5 Å². The molecule has 2 saturated heterocycles. The fourth-order valence-electron chi connectivity index (χ4n) is 3.94. The summed E-state index contributed by atoms with van der Waals surface area (Å²) in [6.45, 7) is 7.12. The van der Waals surface area contributed by atoms with E-state index in [0.29, 0.717) is 32.7 Å². The van der Waals surface area contributed by atoms with E-state index < -0.39 is 0 Å². The van der Waals surface area contributed by atoms with Crippen molar-refractivity contribution in [3.05, 3.63) is 35.6 Å². The van der Waals surface area contributed by atoms with Crippen LogP contribution in [-0.2, 0) is 9.53 Å².